The highest BCUT2D eigenvalue weighted by Crippen LogP contribution is 2.41. The van der Waals surface area contributed by atoms with E-state index in [4.69, 9.17) is 4.74 Å². The van der Waals surface area contributed by atoms with Crippen LogP contribution in [0.1, 0.15) is 33.6 Å². The van der Waals surface area contributed by atoms with Crippen LogP contribution in [0.5, 0.6) is 0 Å². The second-order valence-electron chi connectivity index (χ2n) is 6.32. The van der Waals surface area contributed by atoms with Gasteiger partial charge in [0.1, 0.15) is 5.60 Å². The van der Waals surface area contributed by atoms with Gasteiger partial charge in [-0.2, -0.15) is 0 Å². The molecule has 4 nitrogen and oxygen atoms in total. The van der Waals surface area contributed by atoms with Crippen molar-refractivity contribution >= 4 is 6.09 Å². The average molecular weight is 276 g/mol. The molecule has 2 rings (SSSR count). The van der Waals surface area contributed by atoms with Crippen molar-refractivity contribution in [2.24, 2.45) is 0 Å². The van der Waals surface area contributed by atoms with E-state index < -0.39 is 17.6 Å². The Morgan fingerprint density at radius 2 is 1.79 bits per heavy atom. The minimum absolute atomic E-state index is 0.00997. The second-order valence-corrected chi connectivity index (χ2v) is 6.32. The summed E-state index contributed by atoms with van der Waals surface area (Å²) in [5.41, 5.74) is -0.519. The van der Waals surface area contributed by atoms with Crippen molar-refractivity contribution in [3.8, 4) is 0 Å². The maximum Gasteiger partial charge on any atom is 0.410 e. The van der Waals surface area contributed by atoms with E-state index in [2.05, 4.69) is 0 Å². The third kappa shape index (κ3) is 3.35. The fraction of sp³-hybridized carbons (Fsp3) is 0.923. The van der Waals surface area contributed by atoms with Crippen LogP contribution >= 0.6 is 0 Å². The molecule has 0 N–H and O–H groups in total. The molecule has 1 heterocycles. The van der Waals surface area contributed by atoms with E-state index in [-0.39, 0.29) is 12.5 Å². The number of rotatable bonds is 1. The molecule has 0 aromatic rings. The molecule has 1 aliphatic carbocycles. The van der Waals surface area contributed by atoms with Gasteiger partial charge in [-0.25, -0.2) is 13.6 Å². The Bertz CT molecular complexity index is 347. The van der Waals surface area contributed by atoms with Crippen molar-refractivity contribution in [2.45, 2.75) is 51.2 Å². The van der Waals surface area contributed by atoms with Gasteiger partial charge in [-0.15, -0.1) is 0 Å². The average Bonchev–Trinajstić information content (AvgIpc) is 2.26. The third-order valence-electron chi connectivity index (χ3n) is 3.65. The molecule has 0 unspecified atom stereocenters. The van der Waals surface area contributed by atoms with E-state index in [1.54, 1.807) is 9.80 Å². The number of carbonyl (C=O) groups excluding carboxylic acids is 1. The second kappa shape index (κ2) is 4.89. The number of nitrogens with zero attached hydrogens (tertiary/aromatic N) is 2. The molecule has 0 aromatic carbocycles. The van der Waals surface area contributed by atoms with E-state index in [0.717, 1.165) is 0 Å². The molecule has 6 heteroatoms. The molecule has 0 spiro atoms. The quantitative estimate of drug-likeness (QED) is 0.737. The van der Waals surface area contributed by atoms with Gasteiger partial charge in [0.05, 0.1) is 6.04 Å². The summed E-state index contributed by atoms with van der Waals surface area (Å²) in [5, 5.41) is 0. The Morgan fingerprint density at radius 1 is 1.21 bits per heavy atom. The maximum atomic E-state index is 13.3. The zero-order chi connectivity index (χ0) is 14.3. The molecule has 1 saturated carbocycles. The summed E-state index contributed by atoms with van der Waals surface area (Å²) < 4.78 is 31.9. The summed E-state index contributed by atoms with van der Waals surface area (Å²) in [6.07, 6.45) is 0.191. The number of halogens is 2. The summed E-state index contributed by atoms with van der Waals surface area (Å²) in [6, 6.07) is -0.631. The van der Waals surface area contributed by atoms with E-state index in [1.165, 1.54) is 0 Å². The van der Waals surface area contributed by atoms with Crippen LogP contribution in [0.4, 0.5) is 13.6 Å². The normalized spacial score (nSPS) is 27.8. The minimum Gasteiger partial charge on any atom is -0.444 e. The number of carbonyl (C=O) groups is 1. The topological polar surface area (TPSA) is 32.8 Å². The first kappa shape index (κ1) is 14.5. The summed E-state index contributed by atoms with van der Waals surface area (Å²) in [5.74, 6) is -2.55. The Balaban J connectivity index is 1.81. The van der Waals surface area contributed by atoms with Crippen LogP contribution in [0.2, 0.25) is 0 Å². The van der Waals surface area contributed by atoms with Crippen LogP contribution < -0.4 is 0 Å². The lowest BCUT2D eigenvalue weighted by molar-refractivity contribution is -0.154. The number of ether oxygens (including phenoxy) is 1. The molecule has 1 saturated heterocycles. The standard InChI is InChI=1S/C13H22F2N2O2/c1-12(2,3)19-11(18)17-8-6-16(7-9-17)10-4-5-13(10,14)15/h10H,4-9H2,1-3H3/t10-/m0/s1. The maximum absolute atomic E-state index is 13.3. The molecule has 0 bridgehead atoms. The highest BCUT2D eigenvalue weighted by atomic mass is 19.3. The van der Waals surface area contributed by atoms with Gasteiger partial charge in [0.15, 0.2) is 0 Å². The first-order chi connectivity index (χ1) is 8.69. The molecule has 2 fully saturated rings. The van der Waals surface area contributed by atoms with Gasteiger partial charge in [-0.1, -0.05) is 0 Å². The SMILES string of the molecule is CC(C)(C)OC(=O)N1CCN([C@H]2CCC2(F)F)CC1. The van der Waals surface area contributed by atoms with Gasteiger partial charge in [-0.05, 0) is 27.2 Å². The van der Waals surface area contributed by atoms with Crippen LogP contribution in [0.25, 0.3) is 0 Å². The van der Waals surface area contributed by atoms with Gasteiger partial charge in [-0.3, -0.25) is 4.90 Å². The number of hydrogen-bond donors (Lipinski definition) is 0. The summed E-state index contributed by atoms with van der Waals surface area (Å²) in [4.78, 5) is 15.2. The van der Waals surface area contributed by atoms with Crippen molar-refractivity contribution in [3.63, 3.8) is 0 Å². The van der Waals surface area contributed by atoms with E-state index in [1.807, 2.05) is 20.8 Å². The van der Waals surface area contributed by atoms with Crippen LogP contribution in [0.3, 0.4) is 0 Å². The van der Waals surface area contributed by atoms with Crippen LogP contribution in [-0.2, 0) is 4.74 Å². The van der Waals surface area contributed by atoms with Crippen molar-refractivity contribution in [2.75, 3.05) is 26.2 Å². The molecular weight excluding hydrogens is 254 g/mol. The van der Waals surface area contributed by atoms with Gasteiger partial charge in [0.25, 0.3) is 5.92 Å². The highest BCUT2D eigenvalue weighted by Gasteiger charge is 2.51. The van der Waals surface area contributed by atoms with Crippen LogP contribution in [-0.4, -0.2) is 59.6 Å². The predicted octanol–water partition coefficient (Wildman–Crippen LogP) is 2.34. The molecule has 1 atom stereocenters. The molecule has 1 amide bonds. The minimum atomic E-state index is -2.55. The molecule has 19 heavy (non-hydrogen) atoms. The molecule has 0 aromatic heterocycles. The highest BCUT2D eigenvalue weighted by molar-refractivity contribution is 5.68. The Kier molecular flexibility index (Phi) is 3.73. The number of amides is 1. The number of alkyl halides is 2. The van der Waals surface area contributed by atoms with Crippen molar-refractivity contribution in [1.29, 1.82) is 0 Å². The lowest BCUT2D eigenvalue weighted by Gasteiger charge is -2.47. The lowest BCUT2D eigenvalue weighted by atomic mass is 9.86. The molecule has 1 aliphatic heterocycles. The van der Waals surface area contributed by atoms with Crippen LogP contribution in [0.15, 0.2) is 0 Å². The largest absolute Gasteiger partial charge is 0.444 e. The third-order valence-corrected chi connectivity index (χ3v) is 3.65. The van der Waals surface area contributed by atoms with E-state index >= 15 is 0 Å². The molecular formula is C13H22F2N2O2. The van der Waals surface area contributed by atoms with Crippen LogP contribution in [0, 0.1) is 0 Å². The summed E-state index contributed by atoms with van der Waals surface area (Å²) in [6.45, 7) is 7.37. The number of piperazine rings is 1. The summed E-state index contributed by atoms with van der Waals surface area (Å²) >= 11 is 0. The Morgan fingerprint density at radius 3 is 2.16 bits per heavy atom. The van der Waals surface area contributed by atoms with Gasteiger partial charge in [0.2, 0.25) is 0 Å². The molecule has 110 valence electrons. The van der Waals surface area contributed by atoms with Gasteiger partial charge >= 0.3 is 6.09 Å². The van der Waals surface area contributed by atoms with Crippen molar-refractivity contribution in [1.82, 2.24) is 9.80 Å². The van der Waals surface area contributed by atoms with E-state index in [0.29, 0.717) is 32.6 Å². The smallest absolute Gasteiger partial charge is 0.410 e. The van der Waals surface area contributed by atoms with E-state index in [9.17, 15) is 13.6 Å². The predicted molar refractivity (Wildman–Crippen MR) is 67.3 cm³/mol. The Labute approximate surface area is 112 Å². The molecule has 2 aliphatic rings. The van der Waals surface area contributed by atoms with Gasteiger partial charge < -0.3 is 9.64 Å². The summed E-state index contributed by atoms with van der Waals surface area (Å²) in [7, 11) is 0. The Hall–Kier alpha value is -0.910. The fourth-order valence-electron chi connectivity index (χ4n) is 2.48. The lowest BCUT2D eigenvalue weighted by Crippen LogP contribution is -2.61. The fourth-order valence-corrected chi connectivity index (χ4v) is 2.48. The zero-order valence-electron chi connectivity index (χ0n) is 11.8. The van der Waals surface area contributed by atoms with Gasteiger partial charge in [0, 0.05) is 32.6 Å². The molecule has 0 radical (unpaired) electrons. The monoisotopic (exact) mass is 276 g/mol. The first-order valence-corrected chi connectivity index (χ1v) is 6.79. The number of hydrogen-bond acceptors (Lipinski definition) is 3. The van der Waals surface area contributed by atoms with Crippen molar-refractivity contribution in [3.05, 3.63) is 0 Å². The van der Waals surface area contributed by atoms with Crippen molar-refractivity contribution < 1.29 is 18.3 Å². The zero-order valence-corrected chi connectivity index (χ0v) is 11.8. The first-order valence-electron chi connectivity index (χ1n) is 6.79.